The molecule has 0 spiro atoms. The Labute approximate surface area is 122 Å². The van der Waals surface area contributed by atoms with Crippen molar-refractivity contribution < 1.29 is 0 Å². The van der Waals surface area contributed by atoms with Gasteiger partial charge in [-0.3, -0.25) is 4.90 Å². The molecule has 1 aromatic rings. The van der Waals surface area contributed by atoms with Gasteiger partial charge in [-0.25, -0.2) is 0 Å². The predicted octanol–water partition coefficient (Wildman–Crippen LogP) is 3.74. The maximum absolute atomic E-state index is 3.53. The Balaban J connectivity index is 1.95. The molecular formula is C16H28N2S. The molecule has 2 atom stereocenters. The Morgan fingerprint density at radius 2 is 2.16 bits per heavy atom. The lowest BCUT2D eigenvalue weighted by atomic mass is 9.84. The van der Waals surface area contributed by atoms with Crippen LogP contribution in [0.2, 0.25) is 0 Å². The summed E-state index contributed by atoms with van der Waals surface area (Å²) in [5, 5.41) is 5.72. The molecule has 1 aliphatic carbocycles. The van der Waals surface area contributed by atoms with Crippen LogP contribution in [0.4, 0.5) is 0 Å². The predicted molar refractivity (Wildman–Crippen MR) is 84.7 cm³/mol. The van der Waals surface area contributed by atoms with E-state index in [2.05, 4.69) is 48.6 Å². The second-order valence-corrected chi connectivity index (χ2v) is 7.07. The fourth-order valence-corrected chi connectivity index (χ4v) is 3.90. The van der Waals surface area contributed by atoms with Gasteiger partial charge >= 0.3 is 0 Å². The SMILES string of the molecule is CNC1CCCCC1CN(Cc1cccs1)C(C)C. The van der Waals surface area contributed by atoms with Crippen LogP contribution in [-0.4, -0.2) is 30.6 Å². The lowest BCUT2D eigenvalue weighted by molar-refractivity contribution is 0.139. The summed E-state index contributed by atoms with van der Waals surface area (Å²) in [5.74, 6) is 0.820. The Hall–Kier alpha value is -0.380. The fourth-order valence-electron chi connectivity index (χ4n) is 3.17. The molecule has 108 valence electrons. The minimum absolute atomic E-state index is 0.626. The van der Waals surface area contributed by atoms with Gasteiger partial charge in [0, 0.05) is 30.1 Å². The van der Waals surface area contributed by atoms with Crippen LogP contribution < -0.4 is 5.32 Å². The highest BCUT2D eigenvalue weighted by Crippen LogP contribution is 2.26. The number of hydrogen-bond donors (Lipinski definition) is 1. The van der Waals surface area contributed by atoms with Gasteiger partial charge in [0.15, 0.2) is 0 Å². The van der Waals surface area contributed by atoms with E-state index >= 15 is 0 Å². The van der Waals surface area contributed by atoms with Gasteiger partial charge in [-0.15, -0.1) is 11.3 Å². The standard InChI is InChI=1S/C16H28N2S/c1-13(2)18(12-15-8-6-10-19-15)11-14-7-4-5-9-16(14)17-3/h6,8,10,13-14,16-17H,4-5,7,9,11-12H2,1-3H3. The number of rotatable bonds is 6. The smallest absolute Gasteiger partial charge is 0.0330 e. The molecule has 0 aromatic carbocycles. The van der Waals surface area contributed by atoms with Gasteiger partial charge < -0.3 is 5.32 Å². The van der Waals surface area contributed by atoms with Crippen molar-refractivity contribution in [3.63, 3.8) is 0 Å². The van der Waals surface area contributed by atoms with Crippen LogP contribution in [0.5, 0.6) is 0 Å². The van der Waals surface area contributed by atoms with Gasteiger partial charge in [-0.05, 0) is 51.1 Å². The monoisotopic (exact) mass is 280 g/mol. The maximum Gasteiger partial charge on any atom is 0.0330 e. The van der Waals surface area contributed by atoms with Crippen molar-refractivity contribution in [2.75, 3.05) is 13.6 Å². The van der Waals surface area contributed by atoms with Crippen LogP contribution in [-0.2, 0) is 6.54 Å². The summed E-state index contributed by atoms with van der Waals surface area (Å²) in [4.78, 5) is 4.14. The van der Waals surface area contributed by atoms with Crippen LogP contribution in [0.15, 0.2) is 17.5 Å². The normalized spacial score (nSPS) is 24.3. The molecule has 2 rings (SSSR count). The van der Waals surface area contributed by atoms with Gasteiger partial charge in [0.05, 0.1) is 0 Å². The van der Waals surface area contributed by atoms with Gasteiger partial charge in [-0.1, -0.05) is 18.9 Å². The van der Waals surface area contributed by atoms with Crippen molar-refractivity contribution in [3.05, 3.63) is 22.4 Å². The molecule has 1 aliphatic rings. The second kappa shape index (κ2) is 7.41. The Bertz CT molecular complexity index is 348. The average Bonchev–Trinajstić information content (AvgIpc) is 2.91. The van der Waals surface area contributed by atoms with Gasteiger partial charge in [0.2, 0.25) is 0 Å². The molecule has 1 heterocycles. The summed E-state index contributed by atoms with van der Waals surface area (Å²) in [5.41, 5.74) is 0. The van der Waals surface area contributed by atoms with E-state index in [1.165, 1.54) is 37.1 Å². The zero-order chi connectivity index (χ0) is 13.7. The first-order valence-electron chi connectivity index (χ1n) is 7.64. The highest BCUT2D eigenvalue weighted by Gasteiger charge is 2.26. The van der Waals surface area contributed by atoms with Crippen molar-refractivity contribution in [1.29, 1.82) is 0 Å². The maximum atomic E-state index is 3.53. The summed E-state index contributed by atoms with van der Waals surface area (Å²) in [6.07, 6.45) is 5.55. The minimum atomic E-state index is 0.626. The van der Waals surface area contributed by atoms with Gasteiger partial charge in [0.25, 0.3) is 0 Å². The van der Waals surface area contributed by atoms with E-state index in [9.17, 15) is 0 Å². The largest absolute Gasteiger partial charge is 0.317 e. The Morgan fingerprint density at radius 1 is 1.37 bits per heavy atom. The third-order valence-electron chi connectivity index (χ3n) is 4.42. The summed E-state index contributed by atoms with van der Waals surface area (Å²) in [7, 11) is 2.13. The molecule has 0 saturated heterocycles. The van der Waals surface area contributed by atoms with E-state index in [-0.39, 0.29) is 0 Å². The Morgan fingerprint density at radius 3 is 2.79 bits per heavy atom. The summed E-state index contributed by atoms with van der Waals surface area (Å²) in [6.45, 7) is 7.00. The lowest BCUT2D eigenvalue weighted by Gasteiger charge is -2.37. The van der Waals surface area contributed by atoms with E-state index in [4.69, 9.17) is 0 Å². The molecule has 0 amide bonds. The fraction of sp³-hybridized carbons (Fsp3) is 0.750. The van der Waals surface area contributed by atoms with Crippen LogP contribution >= 0.6 is 11.3 Å². The third-order valence-corrected chi connectivity index (χ3v) is 5.28. The van der Waals surface area contributed by atoms with Crippen molar-refractivity contribution in [2.45, 2.75) is 58.2 Å². The highest BCUT2D eigenvalue weighted by atomic mass is 32.1. The number of nitrogens with one attached hydrogen (secondary N) is 1. The lowest BCUT2D eigenvalue weighted by Crippen LogP contribution is -2.44. The molecule has 1 fully saturated rings. The van der Waals surface area contributed by atoms with E-state index in [1.807, 2.05) is 11.3 Å². The third kappa shape index (κ3) is 4.30. The average molecular weight is 280 g/mol. The van der Waals surface area contributed by atoms with Crippen LogP contribution in [0.1, 0.15) is 44.4 Å². The first-order chi connectivity index (χ1) is 9.20. The quantitative estimate of drug-likeness (QED) is 0.854. The minimum Gasteiger partial charge on any atom is -0.317 e. The van der Waals surface area contributed by atoms with E-state index in [1.54, 1.807) is 0 Å². The van der Waals surface area contributed by atoms with Crippen molar-refractivity contribution in [2.24, 2.45) is 5.92 Å². The summed E-state index contributed by atoms with van der Waals surface area (Å²) in [6, 6.07) is 5.77. The number of hydrogen-bond acceptors (Lipinski definition) is 3. The van der Waals surface area contributed by atoms with Crippen molar-refractivity contribution in [3.8, 4) is 0 Å². The molecule has 2 nitrogen and oxygen atoms in total. The first-order valence-corrected chi connectivity index (χ1v) is 8.52. The second-order valence-electron chi connectivity index (χ2n) is 6.04. The zero-order valence-corrected chi connectivity index (χ0v) is 13.4. The number of thiophene rings is 1. The molecule has 0 bridgehead atoms. The molecule has 0 radical (unpaired) electrons. The van der Waals surface area contributed by atoms with Crippen molar-refractivity contribution in [1.82, 2.24) is 10.2 Å². The van der Waals surface area contributed by atoms with Crippen molar-refractivity contribution >= 4 is 11.3 Å². The summed E-state index contributed by atoms with van der Waals surface area (Å²) < 4.78 is 0. The van der Waals surface area contributed by atoms with E-state index < -0.39 is 0 Å². The molecule has 1 saturated carbocycles. The van der Waals surface area contributed by atoms with Gasteiger partial charge in [-0.2, -0.15) is 0 Å². The van der Waals surface area contributed by atoms with E-state index in [0.717, 1.165) is 18.5 Å². The summed E-state index contributed by atoms with van der Waals surface area (Å²) >= 11 is 1.88. The molecule has 19 heavy (non-hydrogen) atoms. The molecule has 2 unspecified atom stereocenters. The topological polar surface area (TPSA) is 15.3 Å². The molecule has 3 heteroatoms. The van der Waals surface area contributed by atoms with Crippen LogP contribution in [0.3, 0.4) is 0 Å². The van der Waals surface area contributed by atoms with E-state index in [0.29, 0.717) is 6.04 Å². The van der Waals surface area contributed by atoms with Crippen LogP contribution in [0.25, 0.3) is 0 Å². The van der Waals surface area contributed by atoms with Crippen LogP contribution in [0, 0.1) is 5.92 Å². The zero-order valence-electron chi connectivity index (χ0n) is 12.6. The highest BCUT2D eigenvalue weighted by molar-refractivity contribution is 7.09. The molecular weight excluding hydrogens is 252 g/mol. The number of nitrogens with zero attached hydrogens (tertiary/aromatic N) is 1. The molecule has 0 aliphatic heterocycles. The molecule has 1 aromatic heterocycles. The molecule has 1 N–H and O–H groups in total. The van der Waals surface area contributed by atoms with Gasteiger partial charge in [0.1, 0.15) is 0 Å². The first kappa shape index (κ1) is 15.0. The Kier molecular flexibility index (Phi) is 5.86.